The highest BCUT2D eigenvalue weighted by Crippen LogP contribution is 2.26. The van der Waals surface area contributed by atoms with Gasteiger partial charge < -0.3 is 14.2 Å². The largest absolute Gasteiger partial charge is 0.491 e. The number of piperazine rings is 1. The van der Waals surface area contributed by atoms with Crippen LogP contribution in [0.3, 0.4) is 0 Å². The van der Waals surface area contributed by atoms with Crippen LogP contribution in [0.1, 0.15) is 25.5 Å². The van der Waals surface area contributed by atoms with Gasteiger partial charge in [0.25, 0.3) is 0 Å². The highest BCUT2D eigenvalue weighted by molar-refractivity contribution is 5.76. The van der Waals surface area contributed by atoms with Gasteiger partial charge in [-0.15, -0.1) is 0 Å². The van der Waals surface area contributed by atoms with E-state index < -0.39 is 0 Å². The first-order chi connectivity index (χ1) is 12.0. The summed E-state index contributed by atoms with van der Waals surface area (Å²) in [5, 5.41) is 0. The van der Waals surface area contributed by atoms with Crippen LogP contribution in [-0.2, 0) is 11.3 Å². The summed E-state index contributed by atoms with van der Waals surface area (Å²) in [7, 11) is 2.11. The molecule has 0 spiro atoms. The Kier molecular flexibility index (Phi) is 5.38. The molecular formula is C19H26N4O2. The summed E-state index contributed by atoms with van der Waals surface area (Å²) in [4.78, 5) is 20.8. The smallest absolute Gasteiger partial charge is 0.242 e. The van der Waals surface area contributed by atoms with Gasteiger partial charge in [0.1, 0.15) is 12.3 Å². The van der Waals surface area contributed by atoms with Crippen LogP contribution >= 0.6 is 0 Å². The molecule has 1 aromatic heterocycles. The molecular weight excluding hydrogens is 316 g/mol. The lowest BCUT2D eigenvalue weighted by Gasteiger charge is -2.39. The standard InChI is InChI=1S/C19H26N4O2/c1-15(2)25-17-6-4-16(5-7-17)18-12-23(11-10-21(18)3)19(24)13-22-9-8-20-14-22/h4-9,14-15,18H,10-13H2,1-3H3/t18-/m1/s1. The molecule has 6 nitrogen and oxygen atoms in total. The van der Waals surface area contributed by atoms with Gasteiger partial charge in [0.2, 0.25) is 5.91 Å². The van der Waals surface area contributed by atoms with E-state index in [0.29, 0.717) is 13.1 Å². The van der Waals surface area contributed by atoms with E-state index in [1.807, 2.05) is 41.6 Å². The number of imidazole rings is 1. The first-order valence-electron chi connectivity index (χ1n) is 8.73. The zero-order valence-electron chi connectivity index (χ0n) is 15.1. The monoisotopic (exact) mass is 342 g/mol. The van der Waals surface area contributed by atoms with E-state index in [-0.39, 0.29) is 18.1 Å². The number of carbonyl (C=O) groups excluding carboxylic acids is 1. The van der Waals surface area contributed by atoms with Crippen molar-refractivity contribution in [1.29, 1.82) is 0 Å². The van der Waals surface area contributed by atoms with E-state index in [9.17, 15) is 4.79 Å². The highest BCUT2D eigenvalue weighted by Gasteiger charge is 2.28. The molecule has 134 valence electrons. The first kappa shape index (κ1) is 17.5. The van der Waals surface area contributed by atoms with Gasteiger partial charge in [0.05, 0.1) is 18.5 Å². The summed E-state index contributed by atoms with van der Waals surface area (Å²) < 4.78 is 7.53. The van der Waals surface area contributed by atoms with Crippen LogP contribution in [0.4, 0.5) is 0 Å². The SMILES string of the molecule is CC(C)Oc1ccc([C@H]2CN(C(=O)Cn3ccnc3)CCN2C)cc1. The molecule has 0 bridgehead atoms. The average Bonchev–Trinajstić information content (AvgIpc) is 3.08. The second-order valence-electron chi connectivity index (χ2n) is 6.81. The third-order valence-electron chi connectivity index (χ3n) is 4.51. The minimum absolute atomic E-state index is 0.135. The number of ether oxygens (including phenoxy) is 1. The Labute approximate surface area is 149 Å². The van der Waals surface area contributed by atoms with Gasteiger partial charge in [-0.3, -0.25) is 9.69 Å². The van der Waals surface area contributed by atoms with E-state index in [0.717, 1.165) is 18.8 Å². The number of likely N-dealkylation sites (N-methyl/N-ethyl adjacent to an activating group) is 1. The van der Waals surface area contributed by atoms with Gasteiger partial charge in [0.15, 0.2) is 0 Å². The fourth-order valence-electron chi connectivity index (χ4n) is 3.14. The summed E-state index contributed by atoms with van der Waals surface area (Å²) >= 11 is 0. The number of rotatable bonds is 5. The Bertz CT molecular complexity index is 682. The van der Waals surface area contributed by atoms with Gasteiger partial charge in [-0.1, -0.05) is 12.1 Å². The van der Waals surface area contributed by atoms with Crippen molar-refractivity contribution in [2.24, 2.45) is 0 Å². The number of benzene rings is 1. The summed E-state index contributed by atoms with van der Waals surface area (Å²) in [6.45, 7) is 6.71. The molecule has 0 aliphatic carbocycles. The van der Waals surface area contributed by atoms with Gasteiger partial charge >= 0.3 is 0 Å². The molecule has 3 rings (SSSR count). The van der Waals surface area contributed by atoms with Gasteiger partial charge in [-0.05, 0) is 38.6 Å². The van der Waals surface area contributed by atoms with E-state index >= 15 is 0 Å². The van der Waals surface area contributed by atoms with Gasteiger partial charge in [-0.2, -0.15) is 0 Å². The van der Waals surface area contributed by atoms with Crippen molar-refractivity contribution in [2.45, 2.75) is 32.5 Å². The molecule has 1 atom stereocenters. The second-order valence-corrected chi connectivity index (χ2v) is 6.81. The third kappa shape index (κ3) is 4.39. The predicted molar refractivity (Wildman–Crippen MR) is 96.4 cm³/mol. The topological polar surface area (TPSA) is 50.6 Å². The summed E-state index contributed by atoms with van der Waals surface area (Å²) in [6.07, 6.45) is 5.36. The van der Waals surface area contributed by atoms with E-state index in [1.165, 1.54) is 5.56 Å². The van der Waals surface area contributed by atoms with Crippen LogP contribution < -0.4 is 4.74 Å². The number of hydrogen-bond donors (Lipinski definition) is 0. The number of hydrogen-bond acceptors (Lipinski definition) is 4. The molecule has 1 aromatic carbocycles. The maximum Gasteiger partial charge on any atom is 0.242 e. The molecule has 6 heteroatoms. The predicted octanol–water partition coefficient (Wildman–Crippen LogP) is 2.19. The lowest BCUT2D eigenvalue weighted by molar-refractivity contribution is -0.134. The normalized spacial score (nSPS) is 18.6. The van der Waals surface area contributed by atoms with Crippen molar-refractivity contribution >= 4 is 5.91 Å². The van der Waals surface area contributed by atoms with Crippen LogP contribution in [0, 0.1) is 0 Å². The zero-order chi connectivity index (χ0) is 17.8. The molecule has 0 unspecified atom stereocenters. The molecule has 1 amide bonds. The van der Waals surface area contributed by atoms with Crippen LogP contribution in [0.5, 0.6) is 5.75 Å². The molecule has 1 saturated heterocycles. The van der Waals surface area contributed by atoms with E-state index in [4.69, 9.17) is 4.74 Å². The van der Waals surface area contributed by atoms with E-state index in [2.05, 4.69) is 29.1 Å². The molecule has 0 N–H and O–H groups in total. The Morgan fingerprint density at radius 1 is 1.28 bits per heavy atom. The summed E-state index contributed by atoms with van der Waals surface area (Å²) in [6, 6.07) is 8.42. The molecule has 2 heterocycles. The van der Waals surface area contributed by atoms with Crippen molar-refractivity contribution in [3.05, 3.63) is 48.5 Å². The quantitative estimate of drug-likeness (QED) is 0.836. The Morgan fingerprint density at radius 3 is 2.68 bits per heavy atom. The van der Waals surface area contributed by atoms with Crippen LogP contribution in [0.25, 0.3) is 0 Å². The van der Waals surface area contributed by atoms with Crippen molar-refractivity contribution in [2.75, 3.05) is 26.7 Å². The molecule has 1 aliphatic heterocycles. The molecule has 1 aliphatic rings. The van der Waals surface area contributed by atoms with E-state index in [1.54, 1.807) is 12.5 Å². The van der Waals surface area contributed by atoms with Crippen molar-refractivity contribution in [1.82, 2.24) is 19.4 Å². The third-order valence-corrected chi connectivity index (χ3v) is 4.51. The van der Waals surface area contributed by atoms with Crippen molar-refractivity contribution < 1.29 is 9.53 Å². The average molecular weight is 342 g/mol. The van der Waals surface area contributed by atoms with Crippen LogP contribution in [-0.4, -0.2) is 58.0 Å². The zero-order valence-corrected chi connectivity index (χ0v) is 15.1. The lowest BCUT2D eigenvalue weighted by Crippen LogP contribution is -2.49. The van der Waals surface area contributed by atoms with Gasteiger partial charge in [0, 0.05) is 32.0 Å². The molecule has 25 heavy (non-hydrogen) atoms. The lowest BCUT2D eigenvalue weighted by atomic mass is 10.0. The summed E-state index contributed by atoms with van der Waals surface area (Å²) in [5.41, 5.74) is 1.21. The van der Waals surface area contributed by atoms with Crippen LogP contribution in [0.2, 0.25) is 0 Å². The molecule has 0 saturated carbocycles. The summed E-state index contributed by atoms with van der Waals surface area (Å²) in [5.74, 6) is 1.01. The van der Waals surface area contributed by atoms with Crippen molar-refractivity contribution in [3.8, 4) is 5.75 Å². The second kappa shape index (κ2) is 7.70. The number of carbonyl (C=O) groups is 1. The van der Waals surface area contributed by atoms with Crippen LogP contribution in [0.15, 0.2) is 43.0 Å². The van der Waals surface area contributed by atoms with Gasteiger partial charge in [-0.25, -0.2) is 4.98 Å². The number of aromatic nitrogens is 2. The highest BCUT2D eigenvalue weighted by atomic mass is 16.5. The number of nitrogens with zero attached hydrogens (tertiary/aromatic N) is 4. The number of amides is 1. The molecule has 0 radical (unpaired) electrons. The Hall–Kier alpha value is -2.34. The Morgan fingerprint density at radius 2 is 2.04 bits per heavy atom. The fraction of sp³-hybridized carbons (Fsp3) is 0.474. The minimum atomic E-state index is 0.135. The Balaban J connectivity index is 1.67. The first-order valence-corrected chi connectivity index (χ1v) is 8.73. The molecule has 2 aromatic rings. The molecule has 1 fully saturated rings. The van der Waals surface area contributed by atoms with Crippen molar-refractivity contribution in [3.63, 3.8) is 0 Å². The minimum Gasteiger partial charge on any atom is -0.491 e. The maximum absolute atomic E-state index is 12.6. The fourth-order valence-corrected chi connectivity index (χ4v) is 3.14. The maximum atomic E-state index is 12.6.